The third-order valence-electron chi connectivity index (χ3n) is 6.29. The molecule has 2 fully saturated rings. The van der Waals surface area contributed by atoms with Crippen molar-refractivity contribution in [2.24, 2.45) is 5.92 Å². The Balaban J connectivity index is 2.49. The second-order valence-electron chi connectivity index (χ2n) is 10.1. The molecule has 0 unspecified atom stereocenters. The van der Waals surface area contributed by atoms with Crippen molar-refractivity contribution in [1.82, 2.24) is 0 Å². The first-order valence-electron chi connectivity index (χ1n) is 13.5. The van der Waals surface area contributed by atoms with E-state index in [9.17, 15) is 33.6 Å². The van der Waals surface area contributed by atoms with Crippen molar-refractivity contribution in [3.8, 4) is 0 Å². The zero-order valence-corrected chi connectivity index (χ0v) is 25.1. The molecule has 1 saturated carbocycles. The Labute approximate surface area is 247 Å². The molecular formula is C27H38O16. The highest BCUT2D eigenvalue weighted by molar-refractivity contribution is 5.69. The van der Waals surface area contributed by atoms with Crippen LogP contribution in [0.2, 0.25) is 0 Å². The average Bonchev–Trinajstić information content (AvgIpc) is 2.85. The fraction of sp³-hybridized carbons (Fsp3) is 0.741. The van der Waals surface area contributed by atoms with Crippen molar-refractivity contribution in [2.75, 3.05) is 13.2 Å². The lowest BCUT2D eigenvalue weighted by Crippen LogP contribution is -2.63. The van der Waals surface area contributed by atoms with Crippen LogP contribution in [0, 0.1) is 5.92 Å². The Bertz CT molecular complexity index is 1060. The number of carbonyl (C=O) groups excluding carboxylic acids is 7. The van der Waals surface area contributed by atoms with E-state index in [1.807, 2.05) is 0 Å². The number of esters is 7. The van der Waals surface area contributed by atoms with Gasteiger partial charge in [0.15, 0.2) is 24.6 Å². The molecule has 0 aromatic heterocycles. The molecule has 0 spiro atoms. The Hall–Kier alpha value is -3.79. The first-order chi connectivity index (χ1) is 20.1. The molecule has 0 N–H and O–H groups in total. The van der Waals surface area contributed by atoms with Crippen molar-refractivity contribution in [2.45, 2.75) is 110 Å². The van der Waals surface area contributed by atoms with Gasteiger partial charge in [-0.15, -0.1) is 0 Å². The van der Waals surface area contributed by atoms with Crippen molar-refractivity contribution in [3.05, 3.63) is 0 Å². The van der Waals surface area contributed by atoms with E-state index in [1.54, 1.807) is 0 Å². The van der Waals surface area contributed by atoms with Crippen LogP contribution in [-0.4, -0.2) is 104 Å². The molecule has 0 aromatic carbocycles. The average molecular weight is 619 g/mol. The minimum absolute atomic E-state index is 0.0407. The summed E-state index contributed by atoms with van der Waals surface area (Å²) in [4.78, 5) is 83.1. The van der Waals surface area contributed by atoms with E-state index in [0.717, 1.165) is 34.6 Å². The lowest BCUT2D eigenvalue weighted by Gasteiger charge is -2.46. The van der Waals surface area contributed by atoms with Gasteiger partial charge in [-0.25, -0.2) is 0 Å². The number of hydrogen-bond acceptors (Lipinski definition) is 16. The summed E-state index contributed by atoms with van der Waals surface area (Å²) in [6.07, 6.45) is -9.91. The molecule has 1 heterocycles. The highest BCUT2D eigenvalue weighted by atomic mass is 16.7. The highest BCUT2D eigenvalue weighted by Gasteiger charge is 2.54. The van der Waals surface area contributed by atoms with Crippen molar-refractivity contribution in [1.29, 1.82) is 0 Å². The molecule has 0 amide bonds. The standard InChI is InChI=1S/C27H38O16/c1-12(28)35-10-19-8-20(9-21(37-14(3)30)23(19)38-15(4)31)42-27-26(41-18(7)34)25(40-17(6)33)24(39-16(5)32)22(43-27)11-36-13(2)29/h19-27H,8-11H2,1-7H3/t19-,20-,21-,22-,23-,24-,25+,26-,27-/m1/s1. The van der Waals surface area contributed by atoms with E-state index < -0.39 is 103 Å². The number of rotatable bonds is 11. The van der Waals surface area contributed by atoms with E-state index >= 15 is 0 Å². The molecule has 0 aromatic rings. The van der Waals surface area contributed by atoms with Crippen LogP contribution in [0.1, 0.15) is 61.3 Å². The maximum Gasteiger partial charge on any atom is 0.303 e. The third-order valence-corrected chi connectivity index (χ3v) is 6.29. The van der Waals surface area contributed by atoms with Gasteiger partial charge >= 0.3 is 41.8 Å². The lowest BCUT2D eigenvalue weighted by atomic mass is 9.82. The topological polar surface area (TPSA) is 203 Å². The number of hydrogen-bond donors (Lipinski definition) is 0. The Morgan fingerprint density at radius 3 is 1.51 bits per heavy atom. The lowest BCUT2D eigenvalue weighted by molar-refractivity contribution is -0.322. The molecule has 43 heavy (non-hydrogen) atoms. The summed E-state index contributed by atoms with van der Waals surface area (Å²) in [5, 5.41) is 0. The maximum absolute atomic E-state index is 12.1. The Morgan fingerprint density at radius 1 is 0.535 bits per heavy atom. The monoisotopic (exact) mass is 618 g/mol. The summed E-state index contributed by atoms with van der Waals surface area (Å²) in [5.41, 5.74) is 0. The van der Waals surface area contributed by atoms with Gasteiger partial charge < -0.3 is 42.6 Å². The van der Waals surface area contributed by atoms with Crippen LogP contribution >= 0.6 is 0 Å². The van der Waals surface area contributed by atoms with Gasteiger partial charge in [0.05, 0.1) is 12.7 Å². The Kier molecular flexibility index (Phi) is 13.3. The fourth-order valence-corrected chi connectivity index (χ4v) is 4.94. The fourth-order valence-electron chi connectivity index (χ4n) is 4.94. The van der Waals surface area contributed by atoms with Crippen LogP contribution in [-0.2, 0) is 76.2 Å². The summed E-state index contributed by atoms with van der Waals surface area (Å²) in [6, 6.07) is 0. The molecule has 1 aliphatic carbocycles. The van der Waals surface area contributed by atoms with Crippen LogP contribution in [0.5, 0.6) is 0 Å². The van der Waals surface area contributed by atoms with Gasteiger partial charge in [-0.1, -0.05) is 0 Å². The van der Waals surface area contributed by atoms with Crippen LogP contribution in [0.25, 0.3) is 0 Å². The summed E-state index contributed by atoms with van der Waals surface area (Å²) >= 11 is 0. The van der Waals surface area contributed by atoms with E-state index in [1.165, 1.54) is 13.8 Å². The van der Waals surface area contributed by atoms with E-state index in [2.05, 4.69) is 0 Å². The third kappa shape index (κ3) is 11.4. The molecule has 16 heteroatoms. The van der Waals surface area contributed by atoms with Gasteiger partial charge in [-0.2, -0.15) is 0 Å². The van der Waals surface area contributed by atoms with Gasteiger partial charge in [0.2, 0.25) is 0 Å². The zero-order valence-electron chi connectivity index (χ0n) is 25.1. The summed E-state index contributed by atoms with van der Waals surface area (Å²) in [6.45, 7) is 7.26. The summed E-state index contributed by atoms with van der Waals surface area (Å²) in [7, 11) is 0. The smallest absolute Gasteiger partial charge is 0.303 e. The van der Waals surface area contributed by atoms with Gasteiger partial charge in [-0.3, -0.25) is 33.6 Å². The van der Waals surface area contributed by atoms with Crippen LogP contribution in [0.15, 0.2) is 0 Å². The Morgan fingerprint density at radius 2 is 1.00 bits per heavy atom. The highest BCUT2D eigenvalue weighted by Crippen LogP contribution is 2.36. The number of ether oxygens (including phenoxy) is 9. The van der Waals surface area contributed by atoms with Crippen molar-refractivity contribution >= 4 is 41.8 Å². The van der Waals surface area contributed by atoms with Gasteiger partial charge in [0.25, 0.3) is 0 Å². The largest absolute Gasteiger partial charge is 0.465 e. The second-order valence-corrected chi connectivity index (χ2v) is 10.1. The maximum atomic E-state index is 12.1. The molecule has 9 atom stereocenters. The predicted molar refractivity (Wildman–Crippen MR) is 137 cm³/mol. The number of carbonyl (C=O) groups is 7. The molecule has 0 bridgehead atoms. The van der Waals surface area contributed by atoms with Gasteiger partial charge in [0.1, 0.15) is 24.9 Å². The van der Waals surface area contributed by atoms with Gasteiger partial charge in [-0.05, 0) is 6.42 Å². The van der Waals surface area contributed by atoms with Crippen LogP contribution in [0.4, 0.5) is 0 Å². The SMILES string of the molecule is CC(=O)OC[C@H]1C[C@@H](O[C@@H]2O[C@H](COC(C)=O)[C@@H](OC(C)=O)[C@H](OC(C)=O)[C@H]2OC(C)=O)C[C@@H](OC(C)=O)[C@@H]1OC(C)=O. The molecule has 2 rings (SSSR count). The van der Waals surface area contributed by atoms with Gasteiger partial charge in [0, 0.05) is 60.8 Å². The quantitative estimate of drug-likeness (QED) is 0.225. The molecule has 2 aliphatic rings. The van der Waals surface area contributed by atoms with E-state index in [4.69, 9.17) is 42.6 Å². The second kappa shape index (κ2) is 16.2. The molecule has 242 valence electrons. The summed E-state index contributed by atoms with van der Waals surface area (Å²) < 4.78 is 49.5. The normalized spacial score (nSPS) is 30.2. The first kappa shape index (κ1) is 35.4. The minimum Gasteiger partial charge on any atom is -0.465 e. The summed E-state index contributed by atoms with van der Waals surface area (Å²) in [5.74, 6) is -5.76. The van der Waals surface area contributed by atoms with Crippen molar-refractivity contribution < 1.29 is 76.2 Å². The van der Waals surface area contributed by atoms with Crippen molar-refractivity contribution in [3.63, 3.8) is 0 Å². The van der Waals surface area contributed by atoms with Crippen LogP contribution in [0.3, 0.4) is 0 Å². The molecular weight excluding hydrogens is 580 g/mol. The molecule has 0 radical (unpaired) electrons. The minimum atomic E-state index is -1.50. The van der Waals surface area contributed by atoms with E-state index in [-0.39, 0.29) is 19.4 Å². The first-order valence-corrected chi connectivity index (χ1v) is 13.5. The molecule has 1 saturated heterocycles. The van der Waals surface area contributed by atoms with Crippen LogP contribution < -0.4 is 0 Å². The zero-order chi connectivity index (χ0) is 32.4. The predicted octanol–water partition coefficient (Wildman–Crippen LogP) is 0.291. The van der Waals surface area contributed by atoms with E-state index in [0.29, 0.717) is 0 Å². The molecule has 1 aliphatic heterocycles. The molecule has 16 nitrogen and oxygen atoms in total.